The number of halogens is 2. The lowest BCUT2D eigenvalue weighted by molar-refractivity contribution is -0.134. The third-order valence-electron chi connectivity index (χ3n) is 6.30. The van der Waals surface area contributed by atoms with Crippen LogP contribution in [0.3, 0.4) is 0 Å². The van der Waals surface area contributed by atoms with Gasteiger partial charge in [0.1, 0.15) is 0 Å². The van der Waals surface area contributed by atoms with Gasteiger partial charge in [0.2, 0.25) is 17.7 Å². The van der Waals surface area contributed by atoms with Crippen molar-refractivity contribution in [3.63, 3.8) is 0 Å². The first kappa shape index (κ1) is 24.3. The number of hydrogen-bond acceptors (Lipinski definition) is 4. The summed E-state index contributed by atoms with van der Waals surface area (Å²) in [4.78, 5) is 37.5. The zero-order chi connectivity index (χ0) is 23.0. The van der Waals surface area contributed by atoms with Gasteiger partial charge in [-0.3, -0.25) is 19.7 Å². The summed E-state index contributed by atoms with van der Waals surface area (Å²) in [5.41, 5.74) is 1.53. The summed E-state index contributed by atoms with van der Waals surface area (Å²) < 4.78 is 26.3. The number of rotatable bonds is 10. The fourth-order valence-electron chi connectivity index (χ4n) is 4.29. The normalized spacial score (nSPS) is 21.2. The number of hydrogen-bond donors (Lipinski definition) is 2. The van der Waals surface area contributed by atoms with Gasteiger partial charge in [-0.15, -0.1) is 0 Å². The maximum Gasteiger partial charge on any atom is 0.250 e. The largest absolute Gasteiger partial charge is 0.326 e. The molecule has 0 spiro atoms. The minimum absolute atomic E-state index is 0.0260. The van der Waals surface area contributed by atoms with Crippen LogP contribution in [0.1, 0.15) is 75.7 Å². The predicted octanol–water partition coefficient (Wildman–Crippen LogP) is 4.22. The van der Waals surface area contributed by atoms with Crippen molar-refractivity contribution in [3.05, 3.63) is 29.8 Å². The quantitative estimate of drug-likeness (QED) is 0.414. The zero-order valence-corrected chi connectivity index (χ0v) is 18.5. The van der Waals surface area contributed by atoms with E-state index in [0.717, 1.165) is 44.2 Å². The molecule has 2 fully saturated rings. The Hall–Kier alpha value is -2.35. The lowest BCUT2D eigenvalue weighted by Gasteiger charge is -2.31. The van der Waals surface area contributed by atoms with Crippen molar-refractivity contribution >= 4 is 23.4 Å². The molecule has 1 atom stereocenters. The molecule has 2 N–H and O–H groups in total. The lowest BCUT2D eigenvalue weighted by atomic mass is 9.90. The molecule has 1 aromatic rings. The lowest BCUT2D eigenvalue weighted by Crippen LogP contribution is -2.39. The van der Waals surface area contributed by atoms with Gasteiger partial charge in [-0.25, -0.2) is 8.78 Å². The molecule has 2 saturated heterocycles. The smallest absolute Gasteiger partial charge is 0.250 e. The molecular weight excluding hydrogens is 416 g/mol. The molecule has 2 heterocycles. The van der Waals surface area contributed by atoms with Gasteiger partial charge in [0.25, 0.3) is 5.92 Å². The van der Waals surface area contributed by atoms with E-state index in [-0.39, 0.29) is 36.5 Å². The molecule has 0 bridgehead atoms. The second kappa shape index (κ2) is 11.5. The van der Waals surface area contributed by atoms with Crippen LogP contribution in [0, 0.1) is 0 Å². The predicted molar refractivity (Wildman–Crippen MR) is 119 cm³/mol. The number of nitrogens with one attached hydrogen (secondary N) is 2. The Morgan fingerprint density at radius 1 is 1.03 bits per heavy atom. The Bertz CT molecular complexity index is 788. The number of carbonyl (C=O) groups excluding carboxylic acids is 3. The van der Waals surface area contributed by atoms with Crippen LogP contribution in [0.2, 0.25) is 0 Å². The molecule has 0 aliphatic carbocycles. The highest BCUT2D eigenvalue weighted by Gasteiger charge is 2.33. The van der Waals surface area contributed by atoms with E-state index < -0.39 is 5.92 Å². The molecule has 2 aliphatic heterocycles. The molecule has 32 heavy (non-hydrogen) atoms. The molecule has 0 saturated carbocycles. The molecule has 6 nitrogen and oxygen atoms in total. The first-order chi connectivity index (χ1) is 15.3. The highest BCUT2D eigenvalue weighted by molar-refractivity contribution is 6.01. The van der Waals surface area contributed by atoms with Crippen molar-refractivity contribution in [2.45, 2.75) is 76.0 Å². The molecule has 2 aliphatic rings. The highest BCUT2D eigenvalue weighted by Crippen LogP contribution is 2.28. The Labute approximate surface area is 188 Å². The number of piperidine rings is 2. The number of unbranched alkanes of at least 4 members (excludes halogenated alkanes) is 4. The zero-order valence-electron chi connectivity index (χ0n) is 18.5. The summed E-state index contributed by atoms with van der Waals surface area (Å²) in [7, 11) is 0. The van der Waals surface area contributed by atoms with Gasteiger partial charge in [-0.2, -0.15) is 0 Å². The van der Waals surface area contributed by atoms with Gasteiger partial charge in [0.05, 0.1) is 5.92 Å². The Kier molecular flexibility index (Phi) is 8.73. The third kappa shape index (κ3) is 7.65. The van der Waals surface area contributed by atoms with Crippen molar-refractivity contribution in [2.75, 3.05) is 25.0 Å². The van der Waals surface area contributed by atoms with Crippen molar-refractivity contribution in [1.29, 1.82) is 0 Å². The molecular formula is C24H33F2N3O3. The van der Waals surface area contributed by atoms with Crippen LogP contribution < -0.4 is 10.6 Å². The molecule has 8 heteroatoms. The van der Waals surface area contributed by atoms with Crippen molar-refractivity contribution in [3.8, 4) is 0 Å². The second-order valence-corrected chi connectivity index (χ2v) is 8.89. The van der Waals surface area contributed by atoms with Crippen LogP contribution >= 0.6 is 0 Å². The Balaban J connectivity index is 1.25. The minimum Gasteiger partial charge on any atom is -0.326 e. The number of anilines is 1. The summed E-state index contributed by atoms with van der Waals surface area (Å²) in [5.74, 6) is -3.34. The van der Waals surface area contributed by atoms with Crippen molar-refractivity contribution in [1.82, 2.24) is 10.2 Å². The maximum atomic E-state index is 13.1. The average Bonchev–Trinajstić information content (AvgIpc) is 2.75. The molecule has 1 aromatic carbocycles. The first-order valence-electron chi connectivity index (χ1n) is 11.7. The van der Waals surface area contributed by atoms with Gasteiger partial charge < -0.3 is 10.2 Å². The number of imide groups is 1. The van der Waals surface area contributed by atoms with Crippen LogP contribution in [0.4, 0.5) is 14.5 Å². The summed E-state index contributed by atoms with van der Waals surface area (Å²) >= 11 is 0. The van der Waals surface area contributed by atoms with E-state index in [1.54, 1.807) is 12.1 Å². The number of nitrogens with zero attached hydrogens (tertiary/aromatic N) is 1. The van der Waals surface area contributed by atoms with Crippen LogP contribution in [-0.2, 0) is 14.4 Å². The van der Waals surface area contributed by atoms with E-state index in [2.05, 4.69) is 15.5 Å². The standard InChI is InChI=1S/C24H33F2N3O3/c25-24(26)13-16-29(17-14-24)15-5-3-1-2-4-6-21(30)27-19-9-7-18(8-10-19)20-11-12-22(31)28-23(20)32/h7-10,20H,1-6,11-17H2,(H,27,30)(H,28,31,32). The summed E-state index contributed by atoms with van der Waals surface area (Å²) in [5, 5.41) is 5.24. The fraction of sp³-hybridized carbons (Fsp3) is 0.625. The molecule has 1 unspecified atom stereocenters. The fourth-order valence-corrected chi connectivity index (χ4v) is 4.29. The summed E-state index contributed by atoms with van der Waals surface area (Å²) in [6.07, 6.45) is 6.14. The van der Waals surface area contributed by atoms with Crippen LogP contribution in [-0.4, -0.2) is 48.2 Å². The number of amides is 3. The van der Waals surface area contributed by atoms with Crippen LogP contribution in [0.5, 0.6) is 0 Å². The van der Waals surface area contributed by atoms with E-state index in [1.165, 1.54) is 0 Å². The summed E-state index contributed by atoms with van der Waals surface area (Å²) in [6, 6.07) is 7.21. The number of carbonyl (C=O) groups is 3. The Morgan fingerprint density at radius 3 is 2.38 bits per heavy atom. The molecule has 3 rings (SSSR count). The van der Waals surface area contributed by atoms with Gasteiger partial charge >= 0.3 is 0 Å². The maximum absolute atomic E-state index is 13.1. The van der Waals surface area contributed by atoms with Crippen molar-refractivity contribution in [2.24, 2.45) is 0 Å². The van der Waals surface area contributed by atoms with Gasteiger partial charge in [0.15, 0.2) is 0 Å². The second-order valence-electron chi connectivity index (χ2n) is 8.89. The van der Waals surface area contributed by atoms with E-state index >= 15 is 0 Å². The van der Waals surface area contributed by atoms with Crippen molar-refractivity contribution < 1.29 is 23.2 Å². The van der Waals surface area contributed by atoms with E-state index in [9.17, 15) is 23.2 Å². The highest BCUT2D eigenvalue weighted by atomic mass is 19.3. The first-order valence-corrected chi connectivity index (χ1v) is 11.7. The molecule has 176 valence electrons. The van der Waals surface area contributed by atoms with Crippen LogP contribution in [0.15, 0.2) is 24.3 Å². The SMILES string of the molecule is O=C1CCC(c2ccc(NC(=O)CCCCCCCN3CCC(F)(F)CC3)cc2)C(=O)N1. The van der Waals surface area contributed by atoms with E-state index in [1.807, 2.05) is 12.1 Å². The van der Waals surface area contributed by atoms with Gasteiger partial charge in [-0.05, 0) is 43.5 Å². The van der Waals surface area contributed by atoms with E-state index in [4.69, 9.17) is 0 Å². The number of benzene rings is 1. The van der Waals surface area contributed by atoms with Gasteiger partial charge in [-0.1, -0.05) is 31.4 Å². The third-order valence-corrected chi connectivity index (χ3v) is 6.30. The molecule has 0 aromatic heterocycles. The molecule has 3 amide bonds. The Morgan fingerprint density at radius 2 is 1.69 bits per heavy atom. The minimum atomic E-state index is -2.48. The van der Waals surface area contributed by atoms with Gasteiger partial charge in [0, 0.05) is 44.5 Å². The van der Waals surface area contributed by atoms with Crippen LogP contribution in [0.25, 0.3) is 0 Å². The topological polar surface area (TPSA) is 78.5 Å². The van der Waals surface area contributed by atoms with E-state index in [0.29, 0.717) is 38.0 Å². The summed E-state index contributed by atoms with van der Waals surface area (Å²) in [6.45, 7) is 1.86. The molecule has 0 radical (unpaired) electrons. The number of alkyl halides is 2. The number of likely N-dealkylation sites (tertiary alicyclic amines) is 1. The average molecular weight is 450 g/mol. The monoisotopic (exact) mass is 449 g/mol.